The number of halogens is 4. The molecule has 0 saturated heterocycles. The zero-order chi connectivity index (χ0) is 22.4. The number of nitrogens with zero attached hydrogens (tertiary/aromatic N) is 3. The number of para-hydroxylation sites is 1. The van der Waals surface area contributed by atoms with Crippen LogP contribution in [0.5, 0.6) is 11.5 Å². The van der Waals surface area contributed by atoms with Crippen LogP contribution >= 0.6 is 35.0 Å². The number of amides is 1. The fourth-order valence-corrected chi connectivity index (χ4v) is 3.54. The molecule has 0 radical (unpaired) electrons. The summed E-state index contributed by atoms with van der Waals surface area (Å²) < 4.78 is 36.2. The van der Waals surface area contributed by atoms with Gasteiger partial charge in [0, 0.05) is 12.7 Å². The summed E-state index contributed by atoms with van der Waals surface area (Å²) in [5, 5.41) is 11.7. The number of alkyl halides is 2. The summed E-state index contributed by atoms with van der Waals surface area (Å²) in [4.78, 5) is 12.2. The monoisotopic (exact) mass is 488 g/mol. The molecule has 1 N–H and O–H groups in total. The van der Waals surface area contributed by atoms with E-state index in [4.69, 9.17) is 27.9 Å². The van der Waals surface area contributed by atoms with Crippen LogP contribution in [0.15, 0.2) is 47.6 Å². The predicted molar refractivity (Wildman–Crippen MR) is 114 cm³/mol. The summed E-state index contributed by atoms with van der Waals surface area (Å²) in [5.41, 5.74) is 0.351. The van der Waals surface area contributed by atoms with Crippen LogP contribution in [-0.2, 0) is 18.4 Å². The first-order chi connectivity index (χ1) is 14.8. The van der Waals surface area contributed by atoms with Crippen molar-refractivity contribution in [2.45, 2.75) is 18.4 Å². The number of anilines is 1. The molecule has 0 bridgehead atoms. The van der Waals surface area contributed by atoms with E-state index in [0.717, 1.165) is 0 Å². The van der Waals surface area contributed by atoms with E-state index >= 15 is 0 Å². The summed E-state index contributed by atoms with van der Waals surface area (Å²) in [5.74, 6) is 0.633. The third-order valence-electron chi connectivity index (χ3n) is 3.88. The minimum Gasteiger partial charge on any atom is -0.484 e. The molecule has 0 saturated carbocycles. The van der Waals surface area contributed by atoms with E-state index in [-0.39, 0.29) is 29.0 Å². The molecule has 0 spiro atoms. The Kier molecular flexibility index (Phi) is 7.94. The molecule has 0 aliphatic carbocycles. The fraction of sp³-hybridized carbons (Fsp3) is 0.211. The van der Waals surface area contributed by atoms with E-state index < -0.39 is 6.61 Å². The highest BCUT2D eigenvalue weighted by molar-refractivity contribution is 7.99. The van der Waals surface area contributed by atoms with Crippen LogP contribution in [-0.4, -0.2) is 33.0 Å². The number of nitrogens with one attached hydrogen (secondary N) is 1. The second-order valence-electron chi connectivity index (χ2n) is 6.04. The molecule has 0 fully saturated rings. The minimum atomic E-state index is -2.99. The molecular formula is C19H16Cl2F2N4O3S. The summed E-state index contributed by atoms with van der Waals surface area (Å²) >= 11 is 13.1. The lowest BCUT2D eigenvalue weighted by atomic mass is 10.3. The summed E-state index contributed by atoms with van der Waals surface area (Å²) in [7, 11) is 1.76. The van der Waals surface area contributed by atoms with Crippen molar-refractivity contribution < 1.29 is 23.0 Å². The van der Waals surface area contributed by atoms with Crippen LogP contribution in [0.4, 0.5) is 14.5 Å². The number of aromatic nitrogens is 3. The third-order valence-corrected chi connectivity index (χ3v) is 5.51. The lowest BCUT2D eigenvalue weighted by Gasteiger charge is -2.10. The van der Waals surface area contributed by atoms with Crippen LogP contribution < -0.4 is 14.8 Å². The molecule has 3 aromatic rings. The minimum absolute atomic E-state index is 0.0396. The van der Waals surface area contributed by atoms with Gasteiger partial charge in [-0.1, -0.05) is 47.1 Å². The second-order valence-corrected chi connectivity index (χ2v) is 7.79. The zero-order valence-electron chi connectivity index (χ0n) is 16.0. The SMILES string of the molecule is Cn1c(COc2ccccc2Cl)nnc1SCC(=O)Nc1ccc(OC(F)F)c(Cl)c1. The number of benzene rings is 2. The molecule has 0 aliphatic heterocycles. The first kappa shape index (κ1) is 23.1. The van der Waals surface area contributed by atoms with Crippen LogP contribution in [0, 0.1) is 0 Å². The number of rotatable bonds is 9. The fourth-order valence-electron chi connectivity index (χ4n) is 2.40. The van der Waals surface area contributed by atoms with Gasteiger partial charge in [-0.15, -0.1) is 10.2 Å². The van der Waals surface area contributed by atoms with Crippen LogP contribution in [0.1, 0.15) is 5.82 Å². The largest absolute Gasteiger partial charge is 0.484 e. The van der Waals surface area contributed by atoms with Gasteiger partial charge in [-0.3, -0.25) is 4.79 Å². The Morgan fingerprint density at radius 1 is 1.16 bits per heavy atom. The van der Waals surface area contributed by atoms with E-state index in [1.807, 2.05) is 6.07 Å². The molecule has 164 valence electrons. The topological polar surface area (TPSA) is 78.3 Å². The lowest BCUT2D eigenvalue weighted by molar-refractivity contribution is -0.113. The Morgan fingerprint density at radius 3 is 2.65 bits per heavy atom. The third kappa shape index (κ3) is 6.46. The van der Waals surface area contributed by atoms with Gasteiger partial charge in [0.1, 0.15) is 18.1 Å². The maximum absolute atomic E-state index is 12.3. The number of ether oxygens (including phenoxy) is 2. The van der Waals surface area contributed by atoms with Crippen molar-refractivity contribution in [3.05, 3.63) is 58.3 Å². The first-order valence-electron chi connectivity index (χ1n) is 8.76. The molecule has 1 aromatic heterocycles. The Morgan fingerprint density at radius 2 is 1.94 bits per heavy atom. The maximum Gasteiger partial charge on any atom is 0.387 e. The highest BCUT2D eigenvalue weighted by Crippen LogP contribution is 2.29. The van der Waals surface area contributed by atoms with E-state index in [0.29, 0.717) is 27.4 Å². The molecule has 1 amide bonds. The smallest absolute Gasteiger partial charge is 0.387 e. The standard InChI is InChI=1S/C19H16Cl2F2N4O3S/c1-27-16(9-29-14-5-3-2-4-12(14)20)25-26-19(27)31-10-17(28)24-11-6-7-15(13(21)8-11)30-18(22)23/h2-8,18H,9-10H2,1H3,(H,24,28). The van der Waals surface area contributed by atoms with Gasteiger partial charge in [-0.05, 0) is 30.3 Å². The molecule has 7 nitrogen and oxygen atoms in total. The van der Waals surface area contributed by atoms with Gasteiger partial charge in [-0.25, -0.2) is 0 Å². The van der Waals surface area contributed by atoms with Crippen molar-refractivity contribution in [3.63, 3.8) is 0 Å². The van der Waals surface area contributed by atoms with Crippen LogP contribution in [0.25, 0.3) is 0 Å². The van der Waals surface area contributed by atoms with E-state index in [2.05, 4.69) is 20.3 Å². The molecule has 0 aliphatic rings. The average molecular weight is 489 g/mol. The highest BCUT2D eigenvalue weighted by atomic mass is 35.5. The zero-order valence-corrected chi connectivity index (χ0v) is 18.3. The predicted octanol–water partition coefficient (Wildman–Crippen LogP) is 5.03. The first-order valence-corrected chi connectivity index (χ1v) is 10.5. The molecule has 31 heavy (non-hydrogen) atoms. The van der Waals surface area contributed by atoms with Gasteiger partial charge in [0.2, 0.25) is 5.91 Å². The van der Waals surface area contributed by atoms with Crippen molar-refractivity contribution in [1.29, 1.82) is 0 Å². The van der Waals surface area contributed by atoms with Gasteiger partial charge < -0.3 is 19.4 Å². The summed E-state index contributed by atoms with van der Waals surface area (Å²) in [6.45, 7) is -2.83. The number of hydrogen-bond acceptors (Lipinski definition) is 6. The molecule has 12 heteroatoms. The van der Waals surface area contributed by atoms with Crippen molar-refractivity contribution in [1.82, 2.24) is 14.8 Å². The average Bonchev–Trinajstić information content (AvgIpc) is 3.07. The molecular weight excluding hydrogens is 473 g/mol. The molecule has 1 heterocycles. The molecule has 0 atom stereocenters. The van der Waals surface area contributed by atoms with Crippen LogP contribution in [0.2, 0.25) is 10.0 Å². The molecule has 3 rings (SSSR count). The van der Waals surface area contributed by atoms with E-state index in [1.165, 1.54) is 30.0 Å². The Hall–Kier alpha value is -2.56. The van der Waals surface area contributed by atoms with Gasteiger partial charge >= 0.3 is 6.61 Å². The number of thioether (sulfide) groups is 1. The van der Waals surface area contributed by atoms with Crippen molar-refractivity contribution >= 4 is 46.6 Å². The number of carbonyl (C=O) groups excluding carboxylic acids is 1. The molecule has 2 aromatic carbocycles. The van der Waals surface area contributed by atoms with Gasteiger partial charge in [-0.2, -0.15) is 8.78 Å². The number of hydrogen-bond donors (Lipinski definition) is 1. The van der Waals surface area contributed by atoms with Crippen molar-refractivity contribution in [2.24, 2.45) is 7.05 Å². The summed E-state index contributed by atoms with van der Waals surface area (Å²) in [6.07, 6.45) is 0. The molecule has 0 unspecified atom stereocenters. The summed E-state index contributed by atoms with van der Waals surface area (Å²) in [6, 6.07) is 11.1. The Labute approximate surface area is 190 Å². The van der Waals surface area contributed by atoms with E-state index in [9.17, 15) is 13.6 Å². The quantitative estimate of drug-likeness (QED) is 0.425. The maximum atomic E-state index is 12.3. The van der Waals surface area contributed by atoms with Crippen LogP contribution in [0.3, 0.4) is 0 Å². The van der Waals surface area contributed by atoms with Crippen molar-refractivity contribution in [3.8, 4) is 11.5 Å². The van der Waals surface area contributed by atoms with Gasteiger partial charge in [0.05, 0.1) is 15.8 Å². The lowest BCUT2D eigenvalue weighted by Crippen LogP contribution is -2.14. The Balaban J connectivity index is 1.52. The Bertz CT molecular complexity index is 1070. The van der Waals surface area contributed by atoms with Gasteiger partial charge in [0.25, 0.3) is 0 Å². The van der Waals surface area contributed by atoms with Crippen molar-refractivity contribution in [2.75, 3.05) is 11.1 Å². The van der Waals surface area contributed by atoms with E-state index in [1.54, 1.807) is 29.8 Å². The number of carbonyl (C=O) groups is 1. The normalized spacial score (nSPS) is 10.9. The second kappa shape index (κ2) is 10.7. The highest BCUT2D eigenvalue weighted by Gasteiger charge is 2.14. The van der Waals surface area contributed by atoms with Gasteiger partial charge in [0.15, 0.2) is 11.0 Å².